The highest BCUT2D eigenvalue weighted by Crippen LogP contribution is 2.41. The van der Waals surface area contributed by atoms with Gasteiger partial charge in [-0.2, -0.15) is 4.98 Å². The van der Waals surface area contributed by atoms with E-state index in [0.717, 1.165) is 0 Å². The van der Waals surface area contributed by atoms with Crippen LogP contribution in [0.4, 0.5) is 15.8 Å². The minimum atomic E-state index is -0.880. The van der Waals surface area contributed by atoms with Crippen LogP contribution in [0.15, 0.2) is 78.0 Å². The number of fused-ring (bicyclic) bond motifs is 3. The van der Waals surface area contributed by atoms with Crippen molar-refractivity contribution in [3.8, 4) is 17.1 Å². The first-order valence-corrected chi connectivity index (χ1v) is 11.0. The highest BCUT2D eigenvalue weighted by molar-refractivity contribution is 7.98. The molecule has 0 saturated heterocycles. The third-order valence-corrected chi connectivity index (χ3v) is 5.95. The van der Waals surface area contributed by atoms with Gasteiger partial charge in [-0.25, -0.2) is 4.39 Å². The van der Waals surface area contributed by atoms with E-state index in [-0.39, 0.29) is 17.4 Å². The molecule has 1 aliphatic heterocycles. The number of benzene rings is 3. The van der Waals surface area contributed by atoms with Crippen LogP contribution in [0, 0.1) is 15.9 Å². The molecule has 0 bridgehead atoms. The molecule has 0 radical (unpaired) electrons. The molecule has 5 rings (SSSR count). The lowest BCUT2D eigenvalue weighted by Crippen LogP contribution is -2.18. The summed E-state index contributed by atoms with van der Waals surface area (Å²) in [4.78, 5) is 15.6. The smallest absolute Gasteiger partial charge is 0.278 e. The largest absolute Gasteiger partial charge is 0.447 e. The highest BCUT2D eigenvalue weighted by Gasteiger charge is 2.30. The Morgan fingerprint density at radius 3 is 2.64 bits per heavy atom. The molecule has 0 unspecified atom stereocenters. The summed E-state index contributed by atoms with van der Waals surface area (Å²) in [6, 6.07) is 20.2. The van der Waals surface area contributed by atoms with Crippen LogP contribution < -0.4 is 10.1 Å². The molecule has 0 aliphatic carbocycles. The molecule has 4 aromatic rings. The van der Waals surface area contributed by atoms with Gasteiger partial charge in [0, 0.05) is 23.1 Å². The zero-order valence-corrected chi connectivity index (χ0v) is 17.8. The van der Waals surface area contributed by atoms with Gasteiger partial charge in [-0.1, -0.05) is 60.3 Å². The number of nitrogens with one attached hydrogen (secondary N) is 1. The summed E-state index contributed by atoms with van der Waals surface area (Å²) < 4.78 is 20.1. The number of nitrogens with zero attached hydrogens (tertiary/aromatic N) is 4. The molecule has 0 fully saturated rings. The minimum Gasteiger partial charge on any atom is -0.447 e. The zero-order chi connectivity index (χ0) is 22.8. The van der Waals surface area contributed by atoms with Crippen molar-refractivity contribution in [3.63, 3.8) is 0 Å². The second-order valence-electron chi connectivity index (χ2n) is 7.13. The van der Waals surface area contributed by atoms with E-state index in [1.807, 2.05) is 24.3 Å². The van der Waals surface area contributed by atoms with Crippen LogP contribution in [-0.4, -0.2) is 20.1 Å². The van der Waals surface area contributed by atoms with E-state index in [1.165, 1.54) is 23.9 Å². The van der Waals surface area contributed by atoms with Crippen molar-refractivity contribution in [3.05, 3.63) is 99.9 Å². The number of rotatable bonds is 5. The van der Waals surface area contributed by atoms with Gasteiger partial charge in [0.15, 0.2) is 5.69 Å². The molecule has 10 heteroatoms. The summed E-state index contributed by atoms with van der Waals surface area (Å²) in [7, 11) is 0. The van der Waals surface area contributed by atoms with Gasteiger partial charge in [-0.3, -0.25) is 10.1 Å². The van der Waals surface area contributed by atoms with Crippen LogP contribution >= 0.6 is 11.8 Å². The maximum absolute atomic E-state index is 14.0. The lowest BCUT2D eigenvalue weighted by atomic mass is 10.1. The molecule has 33 heavy (non-hydrogen) atoms. The van der Waals surface area contributed by atoms with Crippen molar-refractivity contribution in [2.24, 2.45) is 0 Å². The molecule has 1 aromatic heterocycles. The van der Waals surface area contributed by atoms with Gasteiger partial charge in [0.2, 0.25) is 17.3 Å². The summed E-state index contributed by atoms with van der Waals surface area (Å²) in [6.45, 7) is 0. The zero-order valence-electron chi connectivity index (χ0n) is 17.0. The monoisotopic (exact) mass is 461 g/mol. The molecule has 164 valence electrons. The maximum Gasteiger partial charge on any atom is 0.278 e. The fraction of sp³-hybridized carbons (Fsp3) is 0.0870. The molecule has 1 N–H and O–H groups in total. The Bertz CT molecular complexity index is 1350. The summed E-state index contributed by atoms with van der Waals surface area (Å²) >= 11 is 1.22. The number of thioether (sulfide) groups is 1. The Hall–Kier alpha value is -4.05. The van der Waals surface area contributed by atoms with Crippen LogP contribution in [0.3, 0.4) is 0 Å². The Balaban J connectivity index is 1.53. The predicted octanol–water partition coefficient (Wildman–Crippen LogP) is 5.38. The Morgan fingerprint density at radius 1 is 1.03 bits per heavy atom. The average Bonchev–Trinajstić information content (AvgIpc) is 3.00. The van der Waals surface area contributed by atoms with Gasteiger partial charge in [-0.05, 0) is 23.8 Å². The van der Waals surface area contributed by atoms with Crippen molar-refractivity contribution in [1.82, 2.24) is 15.2 Å². The van der Waals surface area contributed by atoms with Crippen molar-refractivity contribution in [1.29, 1.82) is 0 Å². The maximum atomic E-state index is 14.0. The van der Waals surface area contributed by atoms with E-state index in [4.69, 9.17) is 4.74 Å². The second-order valence-corrected chi connectivity index (χ2v) is 8.07. The molecule has 2 heterocycles. The lowest BCUT2D eigenvalue weighted by Gasteiger charge is -2.19. The third-order valence-electron chi connectivity index (χ3n) is 5.06. The summed E-state index contributed by atoms with van der Waals surface area (Å²) in [5, 5.41) is 23.6. The number of hydrogen-bond donors (Lipinski definition) is 1. The first-order chi connectivity index (χ1) is 16.1. The number of nitro benzene ring substituents is 1. The third kappa shape index (κ3) is 4.20. The van der Waals surface area contributed by atoms with E-state index >= 15 is 0 Å². The fourth-order valence-electron chi connectivity index (χ4n) is 3.48. The second kappa shape index (κ2) is 8.83. The van der Waals surface area contributed by atoms with E-state index < -0.39 is 11.2 Å². The molecule has 8 nitrogen and oxygen atoms in total. The molecule has 3 aromatic carbocycles. The average molecular weight is 461 g/mol. The molecule has 0 spiro atoms. The topological polar surface area (TPSA) is 103 Å². The van der Waals surface area contributed by atoms with Crippen LogP contribution in [-0.2, 0) is 5.75 Å². The van der Waals surface area contributed by atoms with Crippen LogP contribution in [0.25, 0.3) is 11.3 Å². The van der Waals surface area contributed by atoms with Crippen molar-refractivity contribution in [2.45, 2.75) is 17.1 Å². The van der Waals surface area contributed by atoms with E-state index in [9.17, 15) is 14.5 Å². The van der Waals surface area contributed by atoms with Gasteiger partial charge in [0.1, 0.15) is 5.82 Å². The summed E-state index contributed by atoms with van der Waals surface area (Å²) in [5.74, 6) is 0.190. The SMILES string of the molecule is O=[N+]([O-])c1ccccc1[C@@H]1Nc2ccccc2-c2nnc(SCc3ccccc3F)nc2O1. The number of aromatic nitrogens is 3. The molecule has 1 aliphatic rings. The number of nitro groups is 1. The normalized spacial score (nSPS) is 14.3. The number of hydrogen-bond acceptors (Lipinski definition) is 8. The van der Waals surface area contributed by atoms with E-state index in [0.29, 0.717) is 39.0 Å². The van der Waals surface area contributed by atoms with Gasteiger partial charge in [-0.15, -0.1) is 10.2 Å². The first kappa shape index (κ1) is 20.8. The summed E-state index contributed by atoms with van der Waals surface area (Å²) in [5.41, 5.74) is 2.60. The van der Waals surface area contributed by atoms with Gasteiger partial charge in [0.05, 0.1) is 10.5 Å². The van der Waals surface area contributed by atoms with Gasteiger partial charge < -0.3 is 10.1 Å². The summed E-state index contributed by atoms with van der Waals surface area (Å²) in [6.07, 6.45) is -0.880. The van der Waals surface area contributed by atoms with Gasteiger partial charge >= 0.3 is 0 Å². The molecular formula is C23H16FN5O3S. The fourth-order valence-corrected chi connectivity index (χ4v) is 4.25. The van der Waals surface area contributed by atoms with Crippen LogP contribution in [0.1, 0.15) is 17.4 Å². The Kier molecular flexibility index (Phi) is 5.57. The van der Waals surface area contributed by atoms with Crippen LogP contribution in [0.2, 0.25) is 0 Å². The van der Waals surface area contributed by atoms with Crippen molar-refractivity contribution < 1.29 is 14.1 Å². The minimum absolute atomic E-state index is 0.0768. The highest BCUT2D eigenvalue weighted by atomic mass is 32.2. The standard InChI is InChI=1S/C23H16FN5O3S/c24-17-10-4-1-7-14(17)13-33-23-26-22-20(27-28-23)15-8-2-5-11-18(15)25-21(32-22)16-9-3-6-12-19(16)29(30)31/h1-12,21,25H,13H2/t21-/m1/s1. The van der Waals surface area contributed by atoms with E-state index in [2.05, 4.69) is 20.5 Å². The number of para-hydroxylation sites is 2. The van der Waals surface area contributed by atoms with Crippen molar-refractivity contribution in [2.75, 3.05) is 5.32 Å². The Labute approximate surface area is 192 Å². The van der Waals surface area contributed by atoms with Gasteiger partial charge in [0.25, 0.3) is 5.69 Å². The molecule has 0 saturated carbocycles. The predicted molar refractivity (Wildman–Crippen MR) is 121 cm³/mol. The number of halogens is 1. The first-order valence-electron chi connectivity index (χ1n) is 9.97. The lowest BCUT2D eigenvalue weighted by molar-refractivity contribution is -0.386. The number of anilines is 1. The van der Waals surface area contributed by atoms with Crippen molar-refractivity contribution >= 4 is 23.1 Å². The number of ether oxygens (including phenoxy) is 1. The molecular weight excluding hydrogens is 445 g/mol. The quantitative estimate of drug-likeness (QED) is 0.240. The Morgan fingerprint density at radius 2 is 1.79 bits per heavy atom. The molecule has 1 atom stereocenters. The van der Waals surface area contributed by atoms with Crippen LogP contribution in [0.5, 0.6) is 5.88 Å². The van der Waals surface area contributed by atoms with E-state index in [1.54, 1.807) is 36.4 Å². The molecule has 0 amide bonds.